The third-order valence-electron chi connectivity index (χ3n) is 4.11. The molecule has 4 nitrogen and oxygen atoms in total. The van der Waals surface area contributed by atoms with Gasteiger partial charge in [0.05, 0.1) is 11.8 Å². The first-order valence-electron chi connectivity index (χ1n) is 7.25. The minimum atomic E-state index is 0.312. The maximum absolute atomic E-state index is 5.98. The van der Waals surface area contributed by atoms with Gasteiger partial charge < -0.3 is 15.5 Å². The van der Waals surface area contributed by atoms with Gasteiger partial charge in [-0.2, -0.15) is 0 Å². The number of aryl methyl sites for hydroxylation is 2. The summed E-state index contributed by atoms with van der Waals surface area (Å²) in [7, 11) is 0. The van der Waals surface area contributed by atoms with Crippen molar-refractivity contribution in [3.63, 3.8) is 0 Å². The van der Waals surface area contributed by atoms with Crippen molar-refractivity contribution < 1.29 is 4.74 Å². The molecule has 100 valence electrons. The molecule has 3 N–H and O–H groups in total. The van der Waals surface area contributed by atoms with Crippen LogP contribution >= 0.6 is 0 Å². The second-order valence-electron chi connectivity index (χ2n) is 5.64. The highest BCUT2D eigenvalue weighted by atomic mass is 16.5. The van der Waals surface area contributed by atoms with Gasteiger partial charge in [-0.15, -0.1) is 0 Å². The van der Waals surface area contributed by atoms with Gasteiger partial charge >= 0.3 is 0 Å². The molecule has 1 aliphatic heterocycles. The summed E-state index contributed by atoms with van der Waals surface area (Å²) in [6.45, 7) is 0.939. The van der Waals surface area contributed by atoms with Crippen LogP contribution in [0.1, 0.15) is 49.3 Å². The summed E-state index contributed by atoms with van der Waals surface area (Å²) in [6.07, 6.45) is 9.37. The van der Waals surface area contributed by atoms with E-state index in [0.29, 0.717) is 12.1 Å². The number of nitrogens with two attached hydrogens (primary N) is 1. The lowest BCUT2D eigenvalue weighted by molar-refractivity contribution is 0.0112. The Bertz CT molecular complexity index is 396. The summed E-state index contributed by atoms with van der Waals surface area (Å²) >= 11 is 0. The average Bonchev–Trinajstić information content (AvgIpc) is 2.79. The van der Waals surface area contributed by atoms with Gasteiger partial charge in [0, 0.05) is 31.2 Å². The van der Waals surface area contributed by atoms with Crippen LogP contribution in [-0.2, 0) is 24.0 Å². The normalized spacial score (nSPS) is 28.1. The molecule has 0 saturated carbocycles. The second kappa shape index (κ2) is 5.41. The molecular weight excluding hydrogens is 226 g/mol. The Balaban J connectivity index is 1.56. The van der Waals surface area contributed by atoms with E-state index in [4.69, 9.17) is 15.5 Å². The van der Waals surface area contributed by atoms with E-state index in [1.807, 2.05) is 0 Å². The van der Waals surface area contributed by atoms with Gasteiger partial charge in [-0.1, -0.05) is 0 Å². The van der Waals surface area contributed by atoms with Crippen molar-refractivity contribution in [2.75, 3.05) is 6.61 Å². The lowest BCUT2D eigenvalue weighted by Crippen LogP contribution is -2.27. The number of imidazole rings is 1. The minimum Gasteiger partial charge on any atom is -0.378 e. The van der Waals surface area contributed by atoms with Crippen LogP contribution in [0.5, 0.6) is 0 Å². The predicted molar refractivity (Wildman–Crippen MR) is 70.5 cm³/mol. The number of aromatic nitrogens is 2. The SMILES string of the molecule is NC1CCc2nc(CCC3CCCCO3)[nH]c2C1. The Labute approximate surface area is 108 Å². The second-order valence-corrected chi connectivity index (χ2v) is 5.64. The Hall–Kier alpha value is -0.870. The van der Waals surface area contributed by atoms with Crippen LogP contribution in [0.25, 0.3) is 0 Å². The smallest absolute Gasteiger partial charge is 0.106 e. The van der Waals surface area contributed by atoms with Gasteiger partial charge in [-0.25, -0.2) is 4.98 Å². The lowest BCUT2D eigenvalue weighted by atomic mass is 9.97. The zero-order valence-electron chi connectivity index (χ0n) is 11.0. The van der Waals surface area contributed by atoms with Gasteiger partial charge in [0.2, 0.25) is 0 Å². The van der Waals surface area contributed by atoms with Crippen LogP contribution in [0, 0.1) is 0 Å². The number of aromatic amines is 1. The number of hydrogen-bond acceptors (Lipinski definition) is 3. The standard InChI is InChI=1S/C14H23N3O/c15-10-4-6-12-13(9-10)17-14(16-12)7-5-11-3-1-2-8-18-11/h10-11H,1-9,15H2,(H,16,17). The molecule has 18 heavy (non-hydrogen) atoms. The number of rotatable bonds is 3. The number of H-pyrrole nitrogens is 1. The maximum Gasteiger partial charge on any atom is 0.106 e. The summed E-state index contributed by atoms with van der Waals surface area (Å²) in [5, 5.41) is 0. The first-order chi connectivity index (χ1) is 8.81. The van der Waals surface area contributed by atoms with Crippen LogP contribution < -0.4 is 5.73 Å². The molecule has 0 radical (unpaired) electrons. The van der Waals surface area contributed by atoms with Crippen LogP contribution in [0.2, 0.25) is 0 Å². The van der Waals surface area contributed by atoms with Gasteiger partial charge in [0.1, 0.15) is 5.82 Å². The Morgan fingerprint density at radius 3 is 3.11 bits per heavy atom. The molecule has 1 aliphatic carbocycles. The number of hydrogen-bond donors (Lipinski definition) is 2. The van der Waals surface area contributed by atoms with Crippen LogP contribution in [0.3, 0.4) is 0 Å². The molecule has 2 heterocycles. The maximum atomic E-state index is 5.98. The highest BCUT2D eigenvalue weighted by Gasteiger charge is 2.20. The van der Waals surface area contributed by atoms with Crippen molar-refractivity contribution in [1.82, 2.24) is 9.97 Å². The Morgan fingerprint density at radius 2 is 2.28 bits per heavy atom. The summed E-state index contributed by atoms with van der Waals surface area (Å²) in [5.41, 5.74) is 8.50. The largest absolute Gasteiger partial charge is 0.378 e. The van der Waals surface area contributed by atoms with E-state index in [2.05, 4.69) is 4.98 Å². The number of nitrogens with one attached hydrogen (secondary N) is 1. The fourth-order valence-corrected chi connectivity index (χ4v) is 3.02. The molecular formula is C14H23N3O. The van der Waals surface area contributed by atoms with Crippen molar-refractivity contribution in [2.45, 2.75) is 63.5 Å². The zero-order chi connectivity index (χ0) is 12.4. The van der Waals surface area contributed by atoms with Crippen molar-refractivity contribution in [2.24, 2.45) is 5.73 Å². The van der Waals surface area contributed by atoms with Crippen molar-refractivity contribution in [3.8, 4) is 0 Å². The Kier molecular flexibility index (Phi) is 3.66. The van der Waals surface area contributed by atoms with Gasteiger partial charge in [-0.05, 0) is 38.5 Å². The molecule has 1 saturated heterocycles. The monoisotopic (exact) mass is 249 g/mol. The van der Waals surface area contributed by atoms with E-state index in [-0.39, 0.29) is 0 Å². The van der Waals surface area contributed by atoms with Gasteiger partial charge in [0.15, 0.2) is 0 Å². The van der Waals surface area contributed by atoms with E-state index in [1.165, 1.54) is 30.7 Å². The number of ether oxygens (including phenoxy) is 1. The molecule has 0 spiro atoms. The first-order valence-corrected chi connectivity index (χ1v) is 7.25. The molecule has 0 bridgehead atoms. The fraction of sp³-hybridized carbons (Fsp3) is 0.786. The molecule has 0 amide bonds. The topological polar surface area (TPSA) is 63.9 Å². The number of nitrogens with zero attached hydrogens (tertiary/aromatic N) is 1. The molecule has 1 aromatic heterocycles. The van der Waals surface area contributed by atoms with E-state index < -0.39 is 0 Å². The lowest BCUT2D eigenvalue weighted by Gasteiger charge is -2.21. The van der Waals surface area contributed by atoms with Gasteiger partial charge in [-0.3, -0.25) is 0 Å². The van der Waals surface area contributed by atoms with E-state index in [0.717, 1.165) is 44.5 Å². The summed E-state index contributed by atoms with van der Waals surface area (Å²) in [6, 6.07) is 0.312. The summed E-state index contributed by atoms with van der Waals surface area (Å²) in [4.78, 5) is 8.16. The molecule has 3 rings (SSSR count). The molecule has 2 aliphatic rings. The highest BCUT2D eigenvalue weighted by molar-refractivity contribution is 5.19. The third kappa shape index (κ3) is 2.75. The van der Waals surface area contributed by atoms with Crippen LogP contribution in [0.4, 0.5) is 0 Å². The molecule has 2 unspecified atom stereocenters. The summed E-state index contributed by atoms with van der Waals surface area (Å²) < 4.78 is 5.76. The number of fused-ring (bicyclic) bond motifs is 1. The molecule has 1 fully saturated rings. The van der Waals surface area contributed by atoms with Crippen LogP contribution in [0.15, 0.2) is 0 Å². The highest BCUT2D eigenvalue weighted by Crippen LogP contribution is 2.21. The minimum absolute atomic E-state index is 0.312. The molecule has 2 atom stereocenters. The van der Waals surface area contributed by atoms with Crippen molar-refractivity contribution in [1.29, 1.82) is 0 Å². The van der Waals surface area contributed by atoms with E-state index >= 15 is 0 Å². The average molecular weight is 249 g/mol. The fourth-order valence-electron chi connectivity index (χ4n) is 3.02. The Morgan fingerprint density at radius 1 is 1.33 bits per heavy atom. The molecule has 1 aromatic rings. The first kappa shape index (κ1) is 12.2. The van der Waals surface area contributed by atoms with Crippen molar-refractivity contribution in [3.05, 3.63) is 17.2 Å². The van der Waals surface area contributed by atoms with E-state index in [9.17, 15) is 0 Å². The van der Waals surface area contributed by atoms with Crippen LogP contribution in [-0.4, -0.2) is 28.7 Å². The quantitative estimate of drug-likeness (QED) is 0.857. The third-order valence-corrected chi connectivity index (χ3v) is 4.11. The zero-order valence-corrected chi connectivity index (χ0v) is 11.0. The molecule has 4 heteroatoms. The molecule has 0 aromatic carbocycles. The predicted octanol–water partition coefficient (Wildman–Crippen LogP) is 1.73. The van der Waals surface area contributed by atoms with Gasteiger partial charge in [0.25, 0.3) is 0 Å². The van der Waals surface area contributed by atoms with E-state index in [1.54, 1.807) is 0 Å². The van der Waals surface area contributed by atoms with Crippen molar-refractivity contribution >= 4 is 0 Å². The summed E-state index contributed by atoms with van der Waals surface area (Å²) in [5.74, 6) is 1.13.